The normalized spacial score (nSPS) is 15.2. The van der Waals surface area contributed by atoms with Crippen LogP contribution in [-0.4, -0.2) is 23.9 Å². The minimum atomic E-state index is 0.0515. The van der Waals surface area contributed by atoms with E-state index in [1.807, 2.05) is 41.3 Å². The van der Waals surface area contributed by atoms with E-state index in [1.165, 1.54) is 5.56 Å². The van der Waals surface area contributed by atoms with Crippen LogP contribution in [0, 0.1) is 11.3 Å². The number of nitrogen functional groups attached to an aromatic ring is 1. The highest BCUT2D eigenvalue weighted by Crippen LogP contribution is 2.29. The monoisotopic (exact) mass is 305 g/mol. The van der Waals surface area contributed by atoms with Crippen LogP contribution in [0.15, 0.2) is 48.5 Å². The van der Waals surface area contributed by atoms with Crippen LogP contribution in [-0.2, 0) is 0 Å². The number of carbonyl (C=O) groups is 1. The third-order valence-corrected chi connectivity index (χ3v) is 4.43. The fourth-order valence-corrected chi connectivity index (χ4v) is 3.10. The SMILES string of the molecule is N#Cc1ccc(C2CCN(C(=O)c3cccc(N)c3)CC2)cc1. The van der Waals surface area contributed by atoms with Crippen molar-refractivity contribution in [3.05, 3.63) is 65.2 Å². The topological polar surface area (TPSA) is 70.1 Å². The van der Waals surface area contributed by atoms with E-state index < -0.39 is 0 Å². The molecule has 23 heavy (non-hydrogen) atoms. The predicted molar refractivity (Wildman–Crippen MR) is 89.9 cm³/mol. The molecule has 0 spiro atoms. The maximum Gasteiger partial charge on any atom is 0.253 e. The Morgan fingerprint density at radius 2 is 1.83 bits per heavy atom. The Morgan fingerprint density at radius 3 is 2.43 bits per heavy atom. The highest BCUT2D eigenvalue weighted by Gasteiger charge is 2.24. The molecule has 0 atom stereocenters. The van der Waals surface area contributed by atoms with Gasteiger partial charge in [0.2, 0.25) is 0 Å². The zero-order valence-electron chi connectivity index (χ0n) is 12.9. The Balaban J connectivity index is 1.64. The van der Waals surface area contributed by atoms with Crippen molar-refractivity contribution in [3.63, 3.8) is 0 Å². The number of nitriles is 1. The van der Waals surface area contributed by atoms with Crippen molar-refractivity contribution >= 4 is 11.6 Å². The average Bonchev–Trinajstić information content (AvgIpc) is 2.61. The molecular weight excluding hydrogens is 286 g/mol. The zero-order chi connectivity index (χ0) is 16.2. The lowest BCUT2D eigenvalue weighted by Crippen LogP contribution is -2.37. The van der Waals surface area contributed by atoms with Crippen molar-refractivity contribution in [2.75, 3.05) is 18.8 Å². The van der Waals surface area contributed by atoms with Gasteiger partial charge in [0.1, 0.15) is 0 Å². The molecule has 0 bridgehead atoms. The summed E-state index contributed by atoms with van der Waals surface area (Å²) in [5.74, 6) is 0.503. The van der Waals surface area contributed by atoms with Crippen molar-refractivity contribution < 1.29 is 4.79 Å². The molecule has 0 aromatic heterocycles. The first-order chi connectivity index (χ1) is 11.2. The second-order valence-electron chi connectivity index (χ2n) is 5.93. The molecule has 0 saturated carbocycles. The zero-order valence-corrected chi connectivity index (χ0v) is 12.9. The minimum absolute atomic E-state index is 0.0515. The van der Waals surface area contributed by atoms with Gasteiger partial charge in [-0.3, -0.25) is 4.79 Å². The number of benzene rings is 2. The van der Waals surface area contributed by atoms with Gasteiger partial charge in [-0.05, 0) is 54.7 Å². The Bertz CT molecular complexity index is 738. The summed E-state index contributed by atoms with van der Waals surface area (Å²) >= 11 is 0. The molecule has 0 unspecified atom stereocenters. The quantitative estimate of drug-likeness (QED) is 0.866. The summed E-state index contributed by atoms with van der Waals surface area (Å²) in [7, 11) is 0. The second kappa shape index (κ2) is 6.53. The smallest absolute Gasteiger partial charge is 0.253 e. The number of piperidine rings is 1. The van der Waals surface area contributed by atoms with Gasteiger partial charge in [-0.25, -0.2) is 0 Å². The van der Waals surface area contributed by atoms with E-state index in [0.29, 0.717) is 22.7 Å². The molecule has 2 aromatic rings. The Kier molecular flexibility index (Phi) is 4.29. The van der Waals surface area contributed by atoms with Crippen molar-refractivity contribution in [3.8, 4) is 6.07 Å². The van der Waals surface area contributed by atoms with Crippen molar-refractivity contribution in [1.82, 2.24) is 4.90 Å². The molecule has 1 saturated heterocycles. The second-order valence-corrected chi connectivity index (χ2v) is 5.93. The van der Waals surface area contributed by atoms with E-state index in [9.17, 15) is 4.79 Å². The average molecular weight is 305 g/mol. The lowest BCUT2D eigenvalue weighted by Gasteiger charge is -2.32. The van der Waals surface area contributed by atoms with E-state index in [0.717, 1.165) is 25.9 Å². The molecule has 2 N–H and O–H groups in total. The van der Waals surface area contributed by atoms with Gasteiger partial charge in [-0.1, -0.05) is 18.2 Å². The van der Waals surface area contributed by atoms with Gasteiger partial charge in [0.05, 0.1) is 11.6 Å². The molecule has 1 fully saturated rings. The summed E-state index contributed by atoms with van der Waals surface area (Å²) in [5.41, 5.74) is 8.96. The van der Waals surface area contributed by atoms with Crippen LogP contribution in [0.2, 0.25) is 0 Å². The number of carbonyl (C=O) groups excluding carboxylic acids is 1. The molecule has 1 aliphatic rings. The summed E-state index contributed by atoms with van der Waals surface area (Å²) in [6.07, 6.45) is 1.89. The van der Waals surface area contributed by atoms with Gasteiger partial charge < -0.3 is 10.6 Å². The summed E-state index contributed by atoms with van der Waals surface area (Å²) < 4.78 is 0. The highest BCUT2D eigenvalue weighted by atomic mass is 16.2. The van der Waals surface area contributed by atoms with Crippen molar-refractivity contribution in [1.29, 1.82) is 5.26 Å². The number of rotatable bonds is 2. The summed E-state index contributed by atoms with van der Waals surface area (Å²) in [5, 5.41) is 8.86. The van der Waals surface area contributed by atoms with Gasteiger partial charge in [0, 0.05) is 24.3 Å². The number of hydrogen-bond acceptors (Lipinski definition) is 3. The number of hydrogen-bond donors (Lipinski definition) is 1. The van der Waals surface area contributed by atoms with Gasteiger partial charge in [-0.15, -0.1) is 0 Å². The van der Waals surface area contributed by atoms with Gasteiger partial charge >= 0.3 is 0 Å². The number of amides is 1. The van der Waals surface area contributed by atoms with Crippen LogP contribution >= 0.6 is 0 Å². The number of likely N-dealkylation sites (tertiary alicyclic amines) is 1. The van der Waals surface area contributed by atoms with Crippen LogP contribution in [0.5, 0.6) is 0 Å². The summed E-state index contributed by atoms with van der Waals surface area (Å²) in [4.78, 5) is 14.4. The third kappa shape index (κ3) is 3.35. The molecule has 1 amide bonds. The lowest BCUT2D eigenvalue weighted by molar-refractivity contribution is 0.0713. The van der Waals surface area contributed by atoms with E-state index in [2.05, 4.69) is 6.07 Å². The van der Waals surface area contributed by atoms with Crippen LogP contribution in [0.25, 0.3) is 0 Å². The Labute approximate surface area is 136 Å². The van der Waals surface area contributed by atoms with E-state index >= 15 is 0 Å². The fraction of sp³-hybridized carbons (Fsp3) is 0.263. The van der Waals surface area contributed by atoms with E-state index in [-0.39, 0.29) is 5.91 Å². The third-order valence-electron chi connectivity index (χ3n) is 4.43. The van der Waals surface area contributed by atoms with E-state index in [1.54, 1.807) is 12.1 Å². The molecule has 2 aromatic carbocycles. The van der Waals surface area contributed by atoms with Crippen LogP contribution in [0.1, 0.15) is 40.2 Å². The summed E-state index contributed by atoms with van der Waals surface area (Å²) in [6, 6.07) is 17.1. The number of nitrogens with zero attached hydrogens (tertiary/aromatic N) is 2. The standard InChI is InChI=1S/C19H19N3O/c20-13-14-4-6-15(7-5-14)16-8-10-22(11-9-16)19(23)17-2-1-3-18(21)12-17/h1-7,12,16H,8-11,21H2. The summed E-state index contributed by atoms with van der Waals surface area (Å²) in [6.45, 7) is 1.50. The fourth-order valence-electron chi connectivity index (χ4n) is 3.10. The molecule has 0 radical (unpaired) electrons. The van der Waals surface area contributed by atoms with Crippen molar-refractivity contribution in [2.45, 2.75) is 18.8 Å². The van der Waals surface area contributed by atoms with Crippen molar-refractivity contribution in [2.24, 2.45) is 0 Å². The first-order valence-electron chi connectivity index (χ1n) is 7.82. The maximum absolute atomic E-state index is 12.5. The Hall–Kier alpha value is -2.80. The molecule has 116 valence electrons. The van der Waals surface area contributed by atoms with Crippen LogP contribution in [0.3, 0.4) is 0 Å². The first kappa shape index (κ1) is 15.1. The molecular formula is C19H19N3O. The van der Waals surface area contributed by atoms with Crippen LogP contribution in [0.4, 0.5) is 5.69 Å². The maximum atomic E-state index is 12.5. The molecule has 1 heterocycles. The molecule has 0 aliphatic carbocycles. The number of nitrogens with two attached hydrogens (primary N) is 1. The van der Waals surface area contributed by atoms with Gasteiger partial charge in [0.15, 0.2) is 0 Å². The largest absolute Gasteiger partial charge is 0.399 e. The molecule has 4 heteroatoms. The van der Waals surface area contributed by atoms with E-state index in [4.69, 9.17) is 11.0 Å². The van der Waals surface area contributed by atoms with Crippen LogP contribution < -0.4 is 5.73 Å². The Morgan fingerprint density at radius 1 is 1.13 bits per heavy atom. The molecule has 1 aliphatic heterocycles. The highest BCUT2D eigenvalue weighted by molar-refractivity contribution is 5.95. The van der Waals surface area contributed by atoms with Gasteiger partial charge in [-0.2, -0.15) is 5.26 Å². The number of anilines is 1. The van der Waals surface area contributed by atoms with Gasteiger partial charge in [0.25, 0.3) is 5.91 Å². The lowest BCUT2D eigenvalue weighted by atomic mass is 9.89. The molecule has 4 nitrogen and oxygen atoms in total. The molecule has 3 rings (SSSR count). The predicted octanol–water partition coefficient (Wildman–Crippen LogP) is 3.16. The minimum Gasteiger partial charge on any atom is -0.399 e. The first-order valence-corrected chi connectivity index (χ1v) is 7.82.